The lowest BCUT2D eigenvalue weighted by molar-refractivity contribution is 0.415. The van der Waals surface area contributed by atoms with Crippen LogP contribution in [-0.4, -0.2) is 25.6 Å². The Balaban J connectivity index is 3.52. The van der Waals surface area contributed by atoms with Gasteiger partial charge in [-0.05, 0) is 6.42 Å². The van der Waals surface area contributed by atoms with Gasteiger partial charge in [-0.3, -0.25) is 5.84 Å². The Labute approximate surface area is 74.8 Å². The highest BCUT2D eigenvalue weighted by atomic mass is 32.2. The van der Waals surface area contributed by atoms with Crippen LogP contribution in [0.3, 0.4) is 0 Å². The summed E-state index contributed by atoms with van der Waals surface area (Å²) < 4.78 is 22.5. The first-order valence-electron chi connectivity index (χ1n) is 4.21. The maximum Gasteiger partial charge on any atom is 0.223 e. The first-order valence-corrected chi connectivity index (χ1v) is 6.05. The summed E-state index contributed by atoms with van der Waals surface area (Å²) >= 11 is 0. The molecule has 0 bridgehead atoms. The molecule has 0 aromatic rings. The summed E-state index contributed by atoms with van der Waals surface area (Å²) in [5, 5.41) is 0. The minimum absolute atomic E-state index is 0.429. The van der Waals surface area contributed by atoms with Gasteiger partial charge in [0.1, 0.15) is 0 Å². The van der Waals surface area contributed by atoms with Gasteiger partial charge in [-0.2, -0.15) is 0 Å². The molecule has 2 N–H and O–H groups in total. The van der Waals surface area contributed by atoms with Crippen molar-refractivity contribution in [3.8, 4) is 0 Å². The lowest BCUT2D eigenvalue weighted by Gasteiger charge is -2.12. The molecule has 0 atom stereocenters. The molecule has 0 unspecified atom stereocenters. The number of hydrazine groups is 1. The normalized spacial score (nSPS) is 12.3. The van der Waals surface area contributed by atoms with Crippen LogP contribution < -0.4 is 5.84 Å². The maximum atomic E-state index is 10.8. The molecule has 4 nitrogen and oxygen atoms in total. The summed E-state index contributed by atoms with van der Waals surface area (Å²) in [6, 6.07) is 0. The van der Waals surface area contributed by atoms with Crippen molar-refractivity contribution in [3.63, 3.8) is 0 Å². The molecule has 0 heterocycles. The zero-order valence-electron chi connectivity index (χ0n) is 7.78. The quantitative estimate of drug-likeness (QED) is 0.384. The molecule has 0 rings (SSSR count). The van der Waals surface area contributed by atoms with Gasteiger partial charge in [0, 0.05) is 6.54 Å². The minimum atomic E-state index is -3.18. The highest BCUT2D eigenvalue weighted by Gasteiger charge is 2.09. The number of rotatable bonds is 6. The third-order valence-electron chi connectivity index (χ3n) is 1.66. The van der Waals surface area contributed by atoms with Gasteiger partial charge in [0.25, 0.3) is 0 Å². The van der Waals surface area contributed by atoms with Crippen molar-refractivity contribution in [2.45, 2.75) is 32.6 Å². The van der Waals surface area contributed by atoms with E-state index in [9.17, 15) is 8.42 Å². The zero-order valence-corrected chi connectivity index (χ0v) is 8.60. The molecule has 0 amide bonds. The molecular formula is C7H18N2O2S. The number of unbranched alkanes of at least 4 members (excludes halogenated alkanes) is 3. The predicted molar refractivity (Wildman–Crippen MR) is 49.9 cm³/mol. The topological polar surface area (TPSA) is 63.4 Å². The first-order chi connectivity index (χ1) is 5.48. The Morgan fingerprint density at radius 1 is 1.25 bits per heavy atom. The van der Waals surface area contributed by atoms with Gasteiger partial charge < -0.3 is 0 Å². The van der Waals surface area contributed by atoms with Gasteiger partial charge in [0.15, 0.2) is 0 Å². The fraction of sp³-hybridized carbons (Fsp3) is 1.00. The number of nitrogens with two attached hydrogens (primary N) is 1. The SMILES string of the molecule is CCCCCCN(N)S(C)(=O)=O. The minimum Gasteiger partial charge on any atom is -0.255 e. The van der Waals surface area contributed by atoms with Gasteiger partial charge in [-0.1, -0.05) is 26.2 Å². The number of nitrogens with zero attached hydrogens (tertiary/aromatic N) is 1. The molecule has 0 radical (unpaired) electrons. The van der Waals surface area contributed by atoms with Crippen molar-refractivity contribution in [3.05, 3.63) is 0 Å². The highest BCUT2D eigenvalue weighted by molar-refractivity contribution is 7.88. The third kappa shape index (κ3) is 5.51. The molecule has 0 saturated heterocycles. The Morgan fingerprint density at radius 3 is 2.25 bits per heavy atom. The van der Waals surface area contributed by atoms with Crippen LogP contribution in [0.5, 0.6) is 0 Å². The van der Waals surface area contributed by atoms with Crippen LogP contribution in [0.15, 0.2) is 0 Å². The lowest BCUT2D eigenvalue weighted by atomic mass is 10.2. The summed E-state index contributed by atoms with van der Waals surface area (Å²) in [5.74, 6) is 5.28. The first kappa shape index (κ1) is 11.9. The summed E-state index contributed by atoms with van der Waals surface area (Å²) in [7, 11) is -3.18. The molecule has 12 heavy (non-hydrogen) atoms. The third-order valence-corrected chi connectivity index (χ3v) is 2.69. The number of sulfonamides is 1. The molecule has 0 fully saturated rings. The fourth-order valence-electron chi connectivity index (χ4n) is 0.860. The van der Waals surface area contributed by atoms with Gasteiger partial charge in [0.2, 0.25) is 10.0 Å². The van der Waals surface area contributed by atoms with Crippen molar-refractivity contribution in [2.75, 3.05) is 12.8 Å². The van der Waals surface area contributed by atoms with Gasteiger partial charge >= 0.3 is 0 Å². The second kappa shape index (κ2) is 5.50. The summed E-state index contributed by atoms with van der Waals surface area (Å²) in [5.41, 5.74) is 0. The molecule has 0 aromatic heterocycles. The molecule has 0 aliphatic heterocycles. The van der Waals surface area contributed by atoms with E-state index in [1.165, 1.54) is 0 Å². The second-order valence-electron chi connectivity index (χ2n) is 2.93. The van der Waals surface area contributed by atoms with E-state index in [0.717, 1.165) is 36.4 Å². The van der Waals surface area contributed by atoms with Crippen LogP contribution in [-0.2, 0) is 10.0 Å². The van der Waals surface area contributed by atoms with Gasteiger partial charge in [-0.25, -0.2) is 8.42 Å². The van der Waals surface area contributed by atoms with Gasteiger partial charge in [-0.15, -0.1) is 4.41 Å². The Bertz CT molecular complexity index is 201. The second-order valence-corrected chi connectivity index (χ2v) is 4.87. The summed E-state index contributed by atoms with van der Waals surface area (Å²) in [6.07, 6.45) is 5.28. The largest absolute Gasteiger partial charge is 0.255 e. The van der Waals surface area contributed by atoms with E-state index in [1.807, 2.05) is 0 Å². The van der Waals surface area contributed by atoms with Crippen LogP contribution in [0.25, 0.3) is 0 Å². The van der Waals surface area contributed by atoms with Crippen LogP contribution in [0, 0.1) is 0 Å². The van der Waals surface area contributed by atoms with Crippen LogP contribution in [0.1, 0.15) is 32.6 Å². The molecule has 0 aromatic carbocycles. The number of hydrogen-bond acceptors (Lipinski definition) is 3. The van der Waals surface area contributed by atoms with Crippen LogP contribution in [0.2, 0.25) is 0 Å². The van der Waals surface area contributed by atoms with E-state index in [0.29, 0.717) is 6.54 Å². The molecule has 0 aliphatic rings. The van der Waals surface area contributed by atoms with E-state index in [-0.39, 0.29) is 0 Å². The zero-order chi connectivity index (χ0) is 9.61. The number of hydrogen-bond donors (Lipinski definition) is 1. The Morgan fingerprint density at radius 2 is 1.83 bits per heavy atom. The average molecular weight is 194 g/mol. The van der Waals surface area contributed by atoms with E-state index in [2.05, 4.69) is 6.92 Å². The highest BCUT2D eigenvalue weighted by Crippen LogP contribution is 2.00. The molecule has 74 valence electrons. The van der Waals surface area contributed by atoms with Crippen molar-refractivity contribution < 1.29 is 8.42 Å². The Kier molecular flexibility index (Phi) is 5.44. The molecule has 0 aliphatic carbocycles. The summed E-state index contributed by atoms with van der Waals surface area (Å²) in [6.45, 7) is 2.54. The average Bonchev–Trinajstić information content (AvgIpc) is 1.96. The smallest absolute Gasteiger partial charge is 0.223 e. The summed E-state index contributed by atoms with van der Waals surface area (Å²) in [4.78, 5) is 0. The van der Waals surface area contributed by atoms with Crippen molar-refractivity contribution in [2.24, 2.45) is 5.84 Å². The maximum absolute atomic E-state index is 10.8. The predicted octanol–water partition coefficient (Wildman–Crippen LogP) is 0.702. The Hall–Kier alpha value is -0.130. The van der Waals surface area contributed by atoms with E-state index in [1.54, 1.807) is 0 Å². The monoisotopic (exact) mass is 194 g/mol. The van der Waals surface area contributed by atoms with E-state index < -0.39 is 10.0 Å². The van der Waals surface area contributed by atoms with Crippen LogP contribution >= 0.6 is 0 Å². The van der Waals surface area contributed by atoms with Gasteiger partial charge in [0.05, 0.1) is 6.26 Å². The molecular weight excluding hydrogens is 176 g/mol. The lowest BCUT2D eigenvalue weighted by Crippen LogP contribution is -2.37. The van der Waals surface area contributed by atoms with Crippen molar-refractivity contribution in [1.82, 2.24) is 4.41 Å². The molecule has 0 spiro atoms. The van der Waals surface area contributed by atoms with E-state index >= 15 is 0 Å². The fourth-order valence-corrected chi connectivity index (χ4v) is 1.32. The molecule has 0 saturated carbocycles. The van der Waals surface area contributed by atoms with Crippen LogP contribution in [0.4, 0.5) is 0 Å². The molecule has 5 heteroatoms. The standard InChI is InChI=1S/C7H18N2O2S/c1-3-4-5-6-7-9(8)12(2,10)11/h3-8H2,1-2H3. The van der Waals surface area contributed by atoms with Crippen molar-refractivity contribution in [1.29, 1.82) is 0 Å². The van der Waals surface area contributed by atoms with Crippen molar-refractivity contribution >= 4 is 10.0 Å². The van der Waals surface area contributed by atoms with E-state index in [4.69, 9.17) is 5.84 Å².